The predicted molar refractivity (Wildman–Crippen MR) is 73.1 cm³/mol. The van der Waals surface area contributed by atoms with Crippen LogP contribution >= 0.6 is 22.7 Å². The van der Waals surface area contributed by atoms with Crippen LogP contribution in [0.25, 0.3) is 10.5 Å². The monoisotopic (exact) mass is 274 g/mol. The van der Waals surface area contributed by atoms with Gasteiger partial charge in [-0.3, -0.25) is 0 Å². The van der Waals surface area contributed by atoms with Gasteiger partial charge in [-0.05, 0) is 23.4 Å². The number of fused-ring (bicyclic) bond motifs is 2. The number of aromatic nitrogens is 3. The van der Waals surface area contributed by atoms with Gasteiger partial charge in [-0.25, -0.2) is 15.0 Å². The quantitative estimate of drug-likeness (QED) is 0.740. The smallest absolute Gasteiger partial charge is 0.189 e. The highest BCUT2D eigenvalue weighted by atomic mass is 32.1. The third-order valence-electron chi connectivity index (χ3n) is 3.10. The molecule has 0 amide bonds. The number of nitrogens with zero attached hydrogens (tertiary/aromatic N) is 3. The molecule has 0 radical (unpaired) electrons. The number of hydrogen-bond donors (Lipinski definition) is 1. The van der Waals surface area contributed by atoms with Crippen LogP contribution < -0.4 is 5.32 Å². The maximum atomic E-state index is 4.60. The van der Waals surface area contributed by atoms with E-state index in [-0.39, 0.29) is 6.04 Å². The standard InChI is InChI=1S/C12H10N4S2/c1-3-13-9(7-2-6-17-8(1)7)11-16-10-12(18-11)15-5-4-14-10/h2,4-6,9,13H,1,3H2. The summed E-state index contributed by atoms with van der Waals surface area (Å²) in [4.78, 5) is 15.5. The van der Waals surface area contributed by atoms with Gasteiger partial charge in [0.2, 0.25) is 0 Å². The van der Waals surface area contributed by atoms with Gasteiger partial charge in [0, 0.05) is 23.8 Å². The summed E-state index contributed by atoms with van der Waals surface area (Å²) in [5, 5.41) is 6.76. The van der Waals surface area contributed by atoms with E-state index in [9.17, 15) is 0 Å². The van der Waals surface area contributed by atoms with Crippen LogP contribution in [-0.4, -0.2) is 21.5 Å². The Bertz CT molecular complexity index is 670. The zero-order valence-electron chi connectivity index (χ0n) is 9.46. The Hall–Kier alpha value is -1.37. The van der Waals surface area contributed by atoms with Crippen LogP contribution in [0.2, 0.25) is 0 Å². The highest BCUT2D eigenvalue weighted by Crippen LogP contribution is 2.34. The maximum Gasteiger partial charge on any atom is 0.189 e. The van der Waals surface area contributed by atoms with Crippen molar-refractivity contribution in [3.8, 4) is 0 Å². The molecule has 0 aliphatic carbocycles. The molecule has 4 heterocycles. The first kappa shape index (κ1) is 10.5. The summed E-state index contributed by atoms with van der Waals surface area (Å²) in [6.07, 6.45) is 4.52. The predicted octanol–water partition coefficient (Wildman–Crippen LogP) is 2.38. The van der Waals surface area contributed by atoms with Gasteiger partial charge in [-0.15, -0.1) is 11.3 Å². The minimum Gasteiger partial charge on any atom is -0.304 e. The molecule has 3 aromatic rings. The Labute approximate surface area is 112 Å². The fraction of sp³-hybridized carbons (Fsp3) is 0.250. The highest BCUT2D eigenvalue weighted by Gasteiger charge is 2.25. The van der Waals surface area contributed by atoms with Gasteiger partial charge in [-0.1, -0.05) is 11.3 Å². The summed E-state index contributed by atoms with van der Waals surface area (Å²) < 4.78 is 0. The van der Waals surface area contributed by atoms with Gasteiger partial charge in [0.1, 0.15) is 5.01 Å². The summed E-state index contributed by atoms with van der Waals surface area (Å²) in [5.41, 5.74) is 2.12. The van der Waals surface area contributed by atoms with Crippen molar-refractivity contribution in [1.82, 2.24) is 20.3 Å². The van der Waals surface area contributed by atoms with E-state index in [2.05, 4.69) is 31.7 Å². The Morgan fingerprint density at radius 3 is 3.17 bits per heavy atom. The normalized spacial score (nSPS) is 19.0. The van der Waals surface area contributed by atoms with Crippen molar-refractivity contribution in [3.05, 3.63) is 39.3 Å². The summed E-state index contributed by atoms with van der Waals surface area (Å²) in [6.45, 7) is 1.01. The largest absolute Gasteiger partial charge is 0.304 e. The molecular weight excluding hydrogens is 264 g/mol. The van der Waals surface area contributed by atoms with Gasteiger partial charge in [0.05, 0.1) is 6.04 Å². The second kappa shape index (κ2) is 4.08. The van der Waals surface area contributed by atoms with Gasteiger partial charge < -0.3 is 5.32 Å². The van der Waals surface area contributed by atoms with Crippen molar-refractivity contribution < 1.29 is 0 Å². The molecular formula is C12H10N4S2. The van der Waals surface area contributed by atoms with Crippen LogP contribution in [0.5, 0.6) is 0 Å². The number of hydrogen-bond acceptors (Lipinski definition) is 6. The molecule has 18 heavy (non-hydrogen) atoms. The molecule has 1 N–H and O–H groups in total. The second-order valence-electron chi connectivity index (χ2n) is 4.17. The summed E-state index contributed by atoms with van der Waals surface area (Å²) >= 11 is 3.46. The van der Waals surface area contributed by atoms with E-state index in [1.807, 2.05) is 11.3 Å². The lowest BCUT2D eigenvalue weighted by atomic mass is 10.0. The van der Waals surface area contributed by atoms with Crippen molar-refractivity contribution in [2.45, 2.75) is 12.5 Å². The Morgan fingerprint density at radius 2 is 2.22 bits per heavy atom. The fourth-order valence-corrected chi connectivity index (χ4v) is 4.17. The molecule has 0 aromatic carbocycles. The van der Waals surface area contributed by atoms with E-state index in [0.29, 0.717) is 0 Å². The minimum absolute atomic E-state index is 0.209. The van der Waals surface area contributed by atoms with Crippen LogP contribution in [0.1, 0.15) is 21.5 Å². The molecule has 4 rings (SSSR count). The van der Waals surface area contributed by atoms with Crippen molar-refractivity contribution in [2.24, 2.45) is 0 Å². The van der Waals surface area contributed by atoms with E-state index in [1.165, 1.54) is 10.4 Å². The Balaban J connectivity index is 1.84. The van der Waals surface area contributed by atoms with Gasteiger partial charge in [0.25, 0.3) is 0 Å². The molecule has 0 saturated carbocycles. The maximum absolute atomic E-state index is 4.60. The lowest BCUT2D eigenvalue weighted by molar-refractivity contribution is 0.573. The van der Waals surface area contributed by atoms with Gasteiger partial charge >= 0.3 is 0 Å². The summed E-state index contributed by atoms with van der Waals surface area (Å²) in [6, 6.07) is 2.41. The topological polar surface area (TPSA) is 50.7 Å². The van der Waals surface area contributed by atoms with E-state index in [1.54, 1.807) is 23.7 Å². The lowest BCUT2D eigenvalue weighted by Crippen LogP contribution is -2.29. The van der Waals surface area contributed by atoms with Gasteiger partial charge in [-0.2, -0.15) is 0 Å². The molecule has 1 atom stereocenters. The van der Waals surface area contributed by atoms with E-state index < -0.39 is 0 Å². The van der Waals surface area contributed by atoms with Crippen LogP contribution in [0.15, 0.2) is 23.8 Å². The SMILES string of the molecule is c1cnc2sc(C3NCCc4sccc43)nc2n1. The molecule has 1 aliphatic heterocycles. The Morgan fingerprint density at radius 1 is 1.28 bits per heavy atom. The molecule has 0 fully saturated rings. The van der Waals surface area contributed by atoms with Gasteiger partial charge in [0.15, 0.2) is 10.5 Å². The van der Waals surface area contributed by atoms with E-state index in [4.69, 9.17) is 0 Å². The van der Waals surface area contributed by atoms with Crippen molar-refractivity contribution in [1.29, 1.82) is 0 Å². The average molecular weight is 274 g/mol. The molecule has 0 spiro atoms. The first-order valence-electron chi connectivity index (χ1n) is 5.79. The van der Waals surface area contributed by atoms with Crippen molar-refractivity contribution in [2.75, 3.05) is 6.54 Å². The number of nitrogens with one attached hydrogen (secondary N) is 1. The third-order valence-corrected chi connectivity index (χ3v) is 5.12. The second-order valence-corrected chi connectivity index (χ2v) is 6.18. The minimum atomic E-state index is 0.209. The molecule has 1 unspecified atom stereocenters. The number of rotatable bonds is 1. The summed E-state index contributed by atoms with van der Waals surface area (Å²) in [7, 11) is 0. The third kappa shape index (κ3) is 1.57. The van der Waals surface area contributed by atoms with Crippen molar-refractivity contribution in [3.63, 3.8) is 0 Å². The zero-order chi connectivity index (χ0) is 11.9. The molecule has 1 aliphatic rings. The van der Waals surface area contributed by atoms with E-state index >= 15 is 0 Å². The molecule has 90 valence electrons. The van der Waals surface area contributed by atoms with Crippen LogP contribution in [0, 0.1) is 0 Å². The summed E-state index contributed by atoms with van der Waals surface area (Å²) in [5.74, 6) is 0. The van der Waals surface area contributed by atoms with Crippen molar-refractivity contribution >= 4 is 33.2 Å². The lowest BCUT2D eigenvalue weighted by Gasteiger charge is -2.22. The van der Waals surface area contributed by atoms with Crippen LogP contribution in [0.4, 0.5) is 0 Å². The number of thiophene rings is 1. The first-order chi connectivity index (χ1) is 8.92. The molecule has 3 aromatic heterocycles. The Kier molecular flexibility index (Phi) is 2.39. The average Bonchev–Trinajstić information content (AvgIpc) is 3.04. The molecule has 0 saturated heterocycles. The highest BCUT2D eigenvalue weighted by molar-refractivity contribution is 7.18. The van der Waals surface area contributed by atoms with Crippen LogP contribution in [0.3, 0.4) is 0 Å². The zero-order valence-corrected chi connectivity index (χ0v) is 11.1. The number of thiazole rings is 1. The first-order valence-corrected chi connectivity index (χ1v) is 7.48. The molecule has 4 nitrogen and oxygen atoms in total. The fourth-order valence-electron chi connectivity index (χ4n) is 2.29. The van der Waals surface area contributed by atoms with Crippen LogP contribution in [-0.2, 0) is 6.42 Å². The van der Waals surface area contributed by atoms with E-state index in [0.717, 1.165) is 28.5 Å². The molecule has 0 bridgehead atoms. The molecule has 6 heteroatoms.